The second-order valence-electron chi connectivity index (χ2n) is 5.32. The van der Waals surface area contributed by atoms with Crippen molar-refractivity contribution >= 4 is 17.9 Å². The van der Waals surface area contributed by atoms with Crippen molar-refractivity contribution in [3.05, 3.63) is 0 Å². The minimum absolute atomic E-state index is 0. The molecule has 0 spiro atoms. The number of carbonyl (C=O) groups is 3. The van der Waals surface area contributed by atoms with Crippen molar-refractivity contribution in [2.75, 3.05) is 34.3 Å². The van der Waals surface area contributed by atoms with E-state index in [0.717, 1.165) is 0 Å². The summed E-state index contributed by atoms with van der Waals surface area (Å²) in [5, 5.41) is 26.9. The summed E-state index contributed by atoms with van der Waals surface area (Å²) in [5.41, 5.74) is -2.64. The fourth-order valence-electron chi connectivity index (χ4n) is 1.19. The third kappa shape index (κ3) is 8.68. The van der Waals surface area contributed by atoms with E-state index in [0.29, 0.717) is 11.0 Å². The summed E-state index contributed by atoms with van der Waals surface area (Å²) < 4.78 is 5.32. The van der Waals surface area contributed by atoms with E-state index in [4.69, 9.17) is 14.9 Å². The van der Waals surface area contributed by atoms with Crippen molar-refractivity contribution in [3.8, 4) is 0 Å². The van der Waals surface area contributed by atoms with Crippen molar-refractivity contribution in [1.29, 1.82) is 0 Å². The van der Waals surface area contributed by atoms with Gasteiger partial charge in [0.25, 0.3) is 0 Å². The Morgan fingerprint density at radius 2 is 1.60 bits per heavy atom. The Kier molecular flexibility index (Phi) is 8.40. The lowest BCUT2D eigenvalue weighted by Crippen LogP contribution is -3.00. The number of halogens is 1. The SMILES string of the molecule is C[N+](C)(C)CCOC(=O)CC(O)(CC(=O)O)C(=O)O.[Cl-]. The maximum absolute atomic E-state index is 11.4. The van der Waals surface area contributed by atoms with Gasteiger partial charge in [-0.1, -0.05) is 0 Å². The van der Waals surface area contributed by atoms with Crippen molar-refractivity contribution in [3.63, 3.8) is 0 Å². The second-order valence-corrected chi connectivity index (χ2v) is 5.32. The monoisotopic (exact) mass is 313 g/mol. The van der Waals surface area contributed by atoms with E-state index in [9.17, 15) is 19.5 Å². The van der Waals surface area contributed by atoms with Crippen LogP contribution in [0.15, 0.2) is 0 Å². The van der Waals surface area contributed by atoms with E-state index in [-0.39, 0.29) is 19.0 Å². The van der Waals surface area contributed by atoms with Crippen LogP contribution in [0.1, 0.15) is 12.8 Å². The van der Waals surface area contributed by atoms with E-state index in [1.807, 2.05) is 21.1 Å². The first-order valence-electron chi connectivity index (χ1n) is 5.60. The van der Waals surface area contributed by atoms with Gasteiger partial charge in [-0.05, 0) is 0 Å². The van der Waals surface area contributed by atoms with Crippen molar-refractivity contribution < 1.29 is 51.3 Å². The number of esters is 1. The lowest BCUT2D eigenvalue weighted by atomic mass is 9.96. The molecule has 118 valence electrons. The zero-order valence-corrected chi connectivity index (χ0v) is 12.4. The molecule has 20 heavy (non-hydrogen) atoms. The van der Waals surface area contributed by atoms with Crippen LogP contribution in [0.3, 0.4) is 0 Å². The van der Waals surface area contributed by atoms with Gasteiger partial charge in [-0.3, -0.25) is 9.59 Å². The van der Waals surface area contributed by atoms with Gasteiger partial charge in [-0.25, -0.2) is 4.79 Å². The Labute approximate surface area is 122 Å². The van der Waals surface area contributed by atoms with Gasteiger partial charge in [0.2, 0.25) is 0 Å². The fourth-order valence-corrected chi connectivity index (χ4v) is 1.19. The number of hydrogen-bond acceptors (Lipinski definition) is 5. The molecule has 0 heterocycles. The highest BCUT2D eigenvalue weighted by atomic mass is 35.5. The predicted octanol–water partition coefficient (Wildman–Crippen LogP) is -4.08. The van der Waals surface area contributed by atoms with E-state index in [2.05, 4.69) is 0 Å². The third-order valence-electron chi connectivity index (χ3n) is 2.30. The van der Waals surface area contributed by atoms with E-state index in [1.165, 1.54) is 0 Å². The molecule has 0 fully saturated rings. The molecule has 0 aromatic rings. The predicted molar refractivity (Wildman–Crippen MR) is 63.3 cm³/mol. The lowest BCUT2D eigenvalue weighted by molar-refractivity contribution is -0.870. The van der Waals surface area contributed by atoms with Crippen LogP contribution < -0.4 is 12.4 Å². The molecular formula is C11H20ClNO7. The standard InChI is InChI=1S/C11H19NO7.ClH/c1-12(2,3)4-5-19-9(15)7-11(18,10(16)17)6-8(13)14;/h18H,4-7H2,1-3H3,(H-,13,14,16,17);1H. The molecule has 3 N–H and O–H groups in total. The van der Waals surface area contributed by atoms with Gasteiger partial charge in [-0.15, -0.1) is 0 Å². The van der Waals surface area contributed by atoms with Crippen LogP contribution in [0.2, 0.25) is 0 Å². The maximum atomic E-state index is 11.4. The van der Waals surface area contributed by atoms with Crippen molar-refractivity contribution in [2.24, 2.45) is 0 Å². The molecule has 0 saturated heterocycles. The van der Waals surface area contributed by atoms with Crippen LogP contribution in [0, 0.1) is 0 Å². The van der Waals surface area contributed by atoms with E-state index < -0.39 is 36.4 Å². The minimum Gasteiger partial charge on any atom is -1.00 e. The zero-order valence-electron chi connectivity index (χ0n) is 11.6. The first-order valence-corrected chi connectivity index (χ1v) is 5.60. The number of nitrogens with zero attached hydrogens (tertiary/aromatic N) is 1. The fraction of sp³-hybridized carbons (Fsp3) is 0.727. The van der Waals surface area contributed by atoms with Crippen molar-refractivity contribution in [1.82, 2.24) is 0 Å². The molecule has 0 aliphatic heterocycles. The van der Waals surface area contributed by atoms with E-state index in [1.54, 1.807) is 0 Å². The molecule has 0 aromatic heterocycles. The summed E-state index contributed by atoms with van der Waals surface area (Å²) in [7, 11) is 5.64. The van der Waals surface area contributed by atoms with Crippen LogP contribution in [0.4, 0.5) is 0 Å². The number of likely N-dealkylation sites (N-methyl/N-ethyl adjacent to an activating group) is 1. The zero-order chi connectivity index (χ0) is 15.3. The van der Waals surface area contributed by atoms with Crippen LogP contribution in [-0.4, -0.2) is 77.6 Å². The van der Waals surface area contributed by atoms with E-state index >= 15 is 0 Å². The van der Waals surface area contributed by atoms with Gasteiger partial charge in [0.05, 0.1) is 34.0 Å². The van der Waals surface area contributed by atoms with Crippen LogP contribution in [0.5, 0.6) is 0 Å². The topological polar surface area (TPSA) is 121 Å². The number of carboxylic acid groups (broad SMARTS) is 2. The Morgan fingerprint density at radius 3 is 1.95 bits per heavy atom. The normalized spacial score (nSPS) is 13.8. The molecule has 1 unspecified atom stereocenters. The van der Waals surface area contributed by atoms with Crippen LogP contribution >= 0.6 is 0 Å². The third-order valence-corrected chi connectivity index (χ3v) is 2.30. The van der Waals surface area contributed by atoms with Gasteiger partial charge < -0.3 is 36.9 Å². The summed E-state index contributed by atoms with van der Waals surface area (Å²) in [6.07, 6.45) is -1.96. The molecule has 8 nitrogen and oxygen atoms in total. The van der Waals surface area contributed by atoms with Crippen LogP contribution in [-0.2, 0) is 19.1 Å². The number of hydrogen-bond donors (Lipinski definition) is 3. The summed E-state index contributed by atoms with van der Waals surface area (Å²) in [4.78, 5) is 32.7. The van der Waals surface area contributed by atoms with Gasteiger partial charge in [0.1, 0.15) is 13.2 Å². The highest BCUT2D eigenvalue weighted by Gasteiger charge is 2.41. The van der Waals surface area contributed by atoms with Crippen LogP contribution in [0.25, 0.3) is 0 Å². The highest BCUT2D eigenvalue weighted by Crippen LogP contribution is 2.17. The summed E-state index contributed by atoms with van der Waals surface area (Å²) in [6, 6.07) is 0. The van der Waals surface area contributed by atoms with Gasteiger partial charge >= 0.3 is 17.9 Å². The maximum Gasteiger partial charge on any atom is 0.336 e. The first kappa shape index (κ1) is 20.9. The average molecular weight is 314 g/mol. The molecule has 9 heteroatoms. The van der Waals surface area contributed by atoms with Crippen molar-refractivity contribution in [2.45, 2.75) is 18.4 Å². The number of aliphatic carboxylic acids is 2. The molecule has 0 rings (SSSR count). The molecule has 0 bridgehead atoms. The summed E-state index contributed by atoms with van der Waals surface area (Å²) in [6.45, 7) is 0.571. The van der Waals surface area contributed by atoms with Gasteiger partial charge in [0, 0.05) is 0 Å². The number of carbonyl (C=O) groups excluding carboxylic acids is 1. The van der Waals surface area contributed by atoms with Gasteiger partial charge in [-0.2, -0.15) is 0 Å². The largest absolute Gasteiger partial charge is 1.00 e. The molecule has 0 amide bonds. The number of rotatable bonds is 8. The Morgan fingerprint density at radius 1 is 1.10 bits per heavy atom. The number of quaternary nitrogens is 1. The smallest absolute Gasteiger partial charge is 0.336 e. The molecular weight excluding hydrogens is 294 g/mol. The van der Waals surface area contributed by atoms with Gasteiger partial charge in [0.15, 0.2) is 5.60 Å². The average Bonchev–Trinajstić information content (AvgIpc) is 2.12. The molecule has 0 saturated carbocycles. The lowest BCUT2D eigenvalue weighted by Gasteiger charge is -2.24. The summed E-state index contributed by atoms with van der Waals surface area (Å²) >= 11 is 0. The molecule has 0 radical (unpaired) electrons. The highest BCUT2D eigenvalue weighted by molar-refractivity contribution is 5.88. The quantitative estimate of drug-likeness (QED) is 0.308. The number of ether oxygens (including phenoxy) is 1. The first-order chi connectivity index (χ1) is 8.46. The second kappa shape index (κ2) is 8.03. The number of aliphatic hydroxyl groups is 1. The molecule has 0 aliphatic rings. The Hall–Kier alpha value is -1.38. The Balaban J connectivity index is 0. The number of carboxylic acids is 2. The molecule has 0 aliphatic carbocycles. The molecule has 1 atom stereocenters. The molecule has 0 aromatic carbocycles. The minimum atomic E-state index is -2.64. The Bertz CT molecular complexity index is 366. The summed E-state index contributed by atoms with van der Waals surface area (Å²) in [5.74, 6) is -4.22.